The van der Waals surface area contributed by atoms with E-state index >= 15 is 0 Å². The standard InChI is InChI=1S/C14H19FN2O2.ClH/c1-10-13(16-8-9-19-10)14(18)17-7-6-11-2-4-12(15)5-3-11;/h2-5,10,13,16H,6-9H2,1H3,(H,17,18);1H/t10-,13+;/m1./s1. The van der Waals surface area contributed by atoms with Gasteiger partial charge in [-0.25, -0.2) is 4.39 Å². The molecule has 2 N–H and O–H groups in total. The molecule has 1 aliphatic heterocycles. The van der Waals surface area contributed by atoms with Gasteiger partial charge in [0.1, 0.15) is 11.9 Å². The average Bonchev–Trinajstić information content (AvgIpc) is 2.41. The predicted molar refractivity (Wildman–Crippen MR) is 77.6 cm³/mol. The third kappa shape index (κ3) is 4.74. The third-order valence-electron chi connectivity index (χ3n) is 3.23. The first-order chi connectivity index (χ1) is 9.16. The zero-order valence-corrected chi connectivity index (χ0v) is 12.2. The van der Waals surface area contributed by atoms with E-state index < -0.39 is 0 Å². The molecule has 0 spiro atoms. The van der Waals surface area contributed by atoms with E-state index in [1.165, 1.54) is 12.1 Å². The number of morpholine rings is 1. The Bertz CT molecular complexity index is 428. The molecule has 2 rings (SSSR count). The van der Waals surface area contributed by atoms with E-state index in [0.29, 0.717) is 26.1 Å². The summed E-state index contributed by atoms with van der Waals surface area (Å²) >= 11 is 0. The van der Waals surface area contributed by atoms with E-state index in [2.05, 4.69) is 10.6 Å². The van der Waals surface area contributed by atoms with Gasteiger partial charge in [0.15, 0.2) is 0 Å². The molecule has 20 heavy (non-hydrogen) atoms. The second-order valence-electron chi connectivity index (χ2n) is 4.68. The highest BCUT2D eigenvalue weighted by molar-refractivity contribution is 5.85. The molecule has 0 aromatic heterocycles. The Morgan fingerprint density at radius 1 is 1.45 bits per heavy atom. The molecule has 1 fully saturated rings. The molecule has 0 saturated carbocycles. The van der Waals surface area contributed by atoms with Crippen molar-refractivity contribution in [1.29, 1.82) is 0 Å². The Labute approximate surface area is 124 Å². The molecule has 6 heteroatoms. The summed E-state index contributed by atoms with van der Waals surface area (Å²) in [4.78, 5) is 11.9. The molecule has 112 valence electrons. The summed E-state index contributed by atoms with van der Waals surface area (Å²) in [6.07, 6.45) is 0.577. The van der Waals surface area contributed by atoms with Crippen molar-refractivity contribution < 1.29 is 13.9 Å². The van der Waals surface area contributed by atoms with Crippen LogP contribution in [0.3, 0.4) is 0 Å². The van der Waals surface area contributed by atoms with E-state index in [9.17, 15) is 9.18 Å². The Morgan fingerprint density at radius 3 is 2.80 bits per heavy atom. The Balaban J connectivity index is 0.00000200. The summed E-state index contributed by atoms with van der Waals surface area (Å²) in [7, 11) is 0. The number of carbonyl (C=O) groups is 1. The van der Waals surface area contributed by atoms with E-state index in [1.54, 1.807) is 12.1 Å². The lowest BCUT2D eigenvalue weighted by molar-refractivity contribution is -0.128. The molecule has 1 heterocycles. The summed E-state index contributed by atoms with van der Waals surface area (Å²) in [6, 6.07) is 6.02. The smallest absolute Gasteiger partial charge is 0.239 e. The van der Waals surface area contributed by atoms with Crippen molar-refractivity contribution in [3.05, 3.63) is 35.6 Å². The highest BCUT2D eigenvalue weighted by atomic mass is 35.5. The monoisotopic (exact) mass is 302 g/mol. The van der Waals surface area contributed by atoms with Gasteiger partial charge in [-0.1, -0.05) is 12.1 Å². The van der Waals surface area contributed by atoms with Crippen LogP contribution in [0.15, 0.2) is 24.3 Å². The summed E-state index contributed by atoms with van der Waals surface area (Å²) in [5, 5.41) is 6.01. The van der Waals surface area contributed by atoms with Crippen molar-refractivity contribution in [2.75, 3.05) is 19.7 Å². The molecule has 2 atom stereocenters. The van der Waals surface area contributed by atoms with E-state index in [1.807, 2.05) is 6.92 Å². The maximum absolute atomic E-state index is 12.7. The van der Waals surface area contributed by atoms with Crippen LogP contribution in [-0.4, -0.2) is 37.7 Å². The van der Waals surface area contributed by atoms with Gasteiger partial charge in [-0.05, 0) is 31.0 Å². The van der Waals surface area contributed by atoms with Gasteiger partial charge in [-0.3, -0.25) is 4.79 Å². The zero-order valence-electron chi connectivity index (χ0n) is 11.4. The van der Waals surface area contributed by atoms with Gasteiger partial charge in [0.25, 0.3) is 0 Å². The molecule has 0 unspecified atom stereocenters. The fourth-order valence-electron chi connectivity index (χ4n) is 2.12. The lowest BCUT2D eigenvalue weighted by Crippen LogP contribution is -2.55. The molecule has 1 amide bonds. The molecule has 4 nitrogen and oxygen atoms in total. The first-order valence-corrected chi connectivity index (χ1v) is 6.54. The van der Waals surface area contributed by atoms with Gasteiger partial charge in [-0.2, -0.15) is 0 Å². The highest BCUT2D eigenvalue weighted by Gasteiger charge is 2.27. The summed E-state index contributed by atoms with van der Waals surface area (Å²) in [6.45, 7) is 3.76. The average molecular weight is 303 g/mol. The van der Waals surface area contributed by atoms with Crippen LogP contribution in [0, 0.1) is 5.82 Å². The Morgan fingerprint density at radius 2 is 2.15 bits per heavy atom. The predicted octanol–water partition coefficient (Wildman–Crippen LogP) is 1.28. The summed E-state index contributed by atoms with van der Waals surface area (Å²) in [5.41, 5.74) is 1.00. The minimum absolute atomic E-state index is 0. The first kappa shape index (κ1) is 16.9. The normalized spacial score (nSPS) is 21.9. The molecule has 1 aliphatic rings. The van der Waals surface area contributed by atoms with Crippen LogP contribution in [0.4, 0.5) is 4.39 Å². The van der Waals surface area contributed by atoms with Crippen molar-refractivity contribution in [3.8, 4) is 0 Å². The van der Waals surface area contributed by atoms with E-state index in [4.69, 9.17) is 4.74 Å². The molecule has 1 saturated heterocycles. The number of rotatable bonds is 4. The lowest BCUT2D eigenvalue weighted by Gasteiger charge is -2.29. The van der Waals surface area contributed by atoms with Crippen LogP contribution in [0.5, 0.6) is 0 Å². The van der Waals surface area contributed by atoms with Crippen LogP contribution in [0.2, 0.25) is 0 Å². The molecule has 0 bridgehead atoms. The molecule has 0 radical (unpaired) electrons. The number of nitrogens with one attached hydrogen (secondary N) is 2. The lowest BCUT2D eigenvalue weighted by atomic mass is 10.1. The van der Waals surface area contributed by atoms with Crippen molar-refractivity contribution in [3.63, 3.8) is 0 Å². The number of halogens is 2. The maximum atomic E-state index is 12.7. The van der Waals surface area contributed by atoms with Gasteiger partial charge in [0.05, 0.1) is 12.7 Å². The van der Waals surface area contributed by atoms with Crippen LogP contribution >= 0.6 is 12.4 Å². The van der Waals surface area contributed by atoms with Crippen molar-refractivity contribution >= 4 is 18.3 Å². The molecule has 0 aliphatic carbocycles. The zero-order chi connectivity index (χ0) is 13.7. The van der Waals surface area contributed by atoms with Gasteiger partial charge < -0.3 is 15.4 Å². The van der Waals surface area contributed by atoms with E-state index in [0.717, 1.165) is 5.56 Å². The van der Waals surface area contributed by atoms with Crippen molar-refractivity contribution in [2.45, 2.75) is 25.5 Å². The largest absolute Gasteiger partial charge is 0.375 e. The van der Waals surface area contributed by atoms with Gasteiger partial charge in [-0.15, -0.1) is 12.4 Å². The van der Waals surface area contributed by atoms with E-state index in [-0.39, 0.29) is 36.3 Å². The van der Waals surface area contributed by atoms with Gasteiger partial charge in [0, 0.05) is 13.1 Å². The quantitative estimate of drug-likeness (QED) is 0.881. The van der Waals surface area contributed by atoms with Crippen LogP contribution in [-0.2, 0) is 16.0 Å². The Kier molecular flexibility index (Phi) is 6.91. The van der Waals surface area contributed by atoms with Crippen molar-refractivity contribution in [2.24, 2.45) is 0 Å². The number of hydrogen-bond acceptors (Lipinski definition) is 3. The minimum Gasteiger partial charge on any atom is -0.375 e. The number of benzene rings is 1. The topological polar surface area (TPSA) is 50.4 Å². The maximum Gasteiger partial charge on any atom is 0.239 e. The SMILES string of the molecule is C[C@H]1OCCN[C@@H]1C(=O)NCCc1ccc(F)cc1.Cl. The van der Waals surface area contributed by atoms with Crippen LogP contribution in [0.1, 0.15) is 12.5 Å². The summed E-state index contributed by atoms with van der Waals surface area (Å²) < 4.78 is 18.2. The number of amides is 1. The second kappa shape index (κ2) is 8.19. The fourth-order valence-corrected chi connectivity index (χ4v) is 2.12. The molecule has 1 aromatic rings. The Hall–Kier alpha value is -1.17. The second-order valence-corrected chi connectivity index (χ2v) is 4.68. The van der Waals surface area contributed by atoms with Crippen LogP contribution < -0.4 is 10.6 Å². The van der Waals surface area contributed by atoms with Gasteiger partial charge >= 0.3 is 0 Å². The molecular formula is C14H20ClFN2O2. The van der Waals surface area contributed by atoms with Crippen molar-refractivity contribution in [1.82, 2.24) is 10.6 Å². The highest BCUT2D eigenvalue weighted by Crippen LogP contribution is 2.05. The first-order valence-electron chi connectivity index (χ1n) is 6.54. The summed E-state index contributed by atoms with van der Waals surface area (Å²) in [5.74, 6) is -0.292. The minimum atomic E-state index is -0.290. The molecular weight excluding hydrogens is 283 g/mol. The fraction of sp³-hybridized carbons (Fsp3) is 0.500. The molecule has 1 aromatic carbocycles. The van der Waals surface area contributed by atoms with Crippen LogP contribution in [0.25, 0.3) is 0 Å². The number of ether oxygens (including phenoxy) is 1. The number of hydrogen-bond donors (Lipinski definition) is 2. The third-order valence-corrected chi connectivity index (χ3v) is 3.23. The number of carbonyl (C=O) groups excluding carboxylic acids is 1. The van der Waals surface area contributed by atoms with Gasteiger partial charge in [0.2, 0.25) is 5.91 Å².